The number of halogens is 2. The number of carbonyl (C=O) groups excluding carboxylic acids is 1. The number of nitrogens with zero attached hydrogens (tertiary/aromatic N) is 1. The fourth-order valence-electron chi connectivity index (χ4n) is 3.23. The monoisotopic (exact) mass is 522 g/mol. The summed E-state index contributed by atoms with van der Waals surface area (Å²) in [4.78, 5) is 25.5. The van der Waals surface area contributed by atoms with Crippen molar-refractivity contribution in [3.05, 3.63) is 85.2 Å². The molecule has 0 saturated carbocycles. The van der Waals surface area contributed by atoms with E-state index in [0.29, 0.717) is 22.0 Å². The van der Waals surface area contributed by atoms with Crippen LogP contribution in [0.2, 0.25) is 5.02 Å². The number of nitrogens with one attached hydrogen (secondary N) is 1. The minimum atomic E-state index is -4.07. The molecule has 0 spiro atoms. The maximum Gasteiger partial charge on any atom is 0.270 e. The molecule has 2 aromatic carbocycles. The summed E-state index contributed by atoms with van der Waals surface area (Å²) in [6.45, 7) is 4.71. The number of anilines is 1. The SMILES string of the molecule is Cc1ccc(Cl)cc1NC(=O)Cn1c(C)cc(C)c(S(=O)(=O)c2ccc(Br)cc2)c1=O. The topological polar surface area (TPSA) is 85.2 Å². The smallest absolute Gasteiger partial charge is 0.270 e. The molecular formula is C22H20BrClN2O4S. The van der Waals surface area contributed by atoms with Crippen molar-refractivity contribution < 1.29 is 13.2 Å². The molecule has 1 aromatic heterocycles. The Morgan fingerprint density at radius 2 is 1.68 bits per heavy atom. The van der Waals surface area contributed by atoms with Crippen LogP contribution in [0.1, 0.15) is 16.8 Å². The van der Waals surface area contributed by atoms with E-state index >= 15 is 0 Å². The molecule has 1 amide bonds. The first kappa shape index (κ1) is 23.2. The molecule has 0 saturated heterocycles. The van der Waals surface area contributed by atoms with Gasteiger partial charge in [-0.05, 0) is 74.4 Å². The van der Waals surface area contributed by atoms with Crippen LogP contribution in [0, 0.1) is 20.8 Å². The molecule has 0 aliphatic heterocycles. The molecule has 0 aliphatic carbocycles. The Bertz CT molecular complexity index is 1330. The largest absolute Gasteiger partial charge is 0.324 e. The third-order valence-corrected chi connectivity index (χ3v) is 7.51. The number of hydrogen-bond donors (Lipinski definition) is 1. The standard InChI is InChI=1S/C22H20BrClN2O4S/c1-13-4-7-17(24)11-19(13)25-20(27)12-26-15(3)10-14(2)21(22(26)28)31(29,30)18-8-5-16(23)6-9-18/h4-11H,12H2,1-3H3,(H,25,27). The molecule has 31 heavy (non-hydrogen) atoms. The van der Waals surface area contributed by atoms with E-state index in [4.69, 9.17) is 11.6 Å². The van der Waals surface area contributed by atoms with Gasteiger partial charge in [0.05, 0.1) is 4.90 Å². The summed E-state index contributed by atoms with van der Waals surface area (Å²) in [5.41, 5.74) is 1.41. The lowest BCUT2D eigenvalue weighted by Crippen LogP contribution is -2.33. The molecule has 6 nitrogen and oxygen atoms in total. The van der Waals surface area contributed by atoms with Gasteiger partial charge in [0.2, 0.25) is 15.7 Å². The third kappa shape index (κ3) is 4.92. The van der Waals surface area contributed by atoms with Gasteiger partial charge in [0.25, 0.3) is 5.56 Å². The van der Waals surface area contributed by atoms with E-state index < -0.39 is 21.3 Å². The predicted octanol–water partition coefficient (Wildman–Crippen LogP) is 4.66. The van der Waals surface area contributed by atoms with Crippen molar-refractivity contribution in [2.75, 3.05) is 5.32 Å². The first-order valence-electron chi connectivity index (χ1n) is 9.28. The van der Waals surface area contributed by atoms with Gasteiger partial charge in [-0.3, -0.25) is 9.59 Å². The summed E-state index contributed by atoms with van der Waals surface area (Å²) in [6, 6.07) is 12.7. The molecule has 1 heterocycles. The second-order valence-electron chi connectivity index (χ2n) is 7.15. The summed E-state index contributed by atoms with van der Waals surface area (Å²) in [6.07, 6.45) is 0. The Balaban J connectivity index is 2.01. The quantitative estimate of drug-likeness (QED) is 0.527. The number of carbonyl (C=O) groups is 1. The van der Waals surface area contributed by atoms with E-state index in [1.165, 1.54) is 12.1 Å². The lowest BCUT2D eigenvalue weighted by molar-refractivity contribution is -0.116. The minimum Gasteiger partial charge on any atom is -0.324 e. The molecule has 0 atom stereocenters. The van der Waals surface area contributed by atoms with Crippen LogP contribution >= 0.6 is 27.5 Å². The van der Waals surface area contributed by atoms with Crippen molar-refractivity contribution in [2.24, 2.45) is 0 Å². The Hall–Kier alpha value is -2.42. The third-order valence-electron chi connectivity index (χ3n) is 4.82. The molecule has 0 radical (unpaired) electrons. The van der Waals surface area contributed by atoms with Crippen LogP contribution in [0.25, 0.3) is 0 Å². The van der Waals surface area contributed by atoms with Crippen LogP contribution in [-0.4, -0.2) is 18.9 Å². The Morgan fingerprint density at radius 3 is 2.32 bits per heavy atom. The summed E-state index contributed by atoms with van der Waals surface area (Å²) in [5, 5.41) is 3.19. The summed E-state index contributed by atoms with van der Waals surface area (Å²) in [7, 11) is -4.07. The molecule has 0 unspecified atom stereocenters. The highest BCUT2D eigenvalue weighted by atomic mass is 79.9. The molecule has 3 aromatic rings. The van der Waals surface area contributed by atoms with Crippen LogP contribution in [0.3, 0.4) is 0 Å². The van der Waals surface area contributed by atoms with Crippen LogP contribution < -0.4 is 10.9 Å². The Labute approximate surface area is 193 Å². The molecule has 1 N–H and O–H groups in total. The number of rotatable bonds is 5. The highest BCUT2D eigenvalue weighted by Crippen LogP contribution is 2.24. The van der Waals surface area contributed by atoms with Crippen molar-refractivity contribution in [3.63, 3.8) is 0 Å². The average molecular weight is 524 g/mol. The molecule has 0 aliphatic rings. The van der Waals surface area contributed by atoms with Crippen molar-refractivity contribution in [1.29, 1.82) is 0 Å². The first-order chi connectivity index (χ1) is 14.5. The number of aromatic nitrogens is 1. The maximum absolute atomic E-state index is 13.2. The summed E-state index contributed by atoms with van der Waals surface area (Å²) < 4.78 is 28.2. The van der Waals surface area contributed by atoms with Gasteiger partial charge in [0.15, 0.2) is 0 Å². The van der Waals surface area contributed by atoms with Crippen molar-refractivity contribution in [1.82, 2.24) is 4.57 Å². The molecular weight excluding hydrogens is 504 g/mol. The van der Waals surface area contributed by atoms with Gasteiger partial charge < -0.3 is 9.88 Å². The van der Waals surface area contributed by atoms with Gasteiger partial charge in [0, 0.05) is 20.9 Å². The number of hydrogen-bond acceptors (Lipinski definition) is 4. The van der Waals surface area contributed by atoms with Crippen LogP contribution in [0.5, 0.6) is 0 Å². The zero-order chi connectivity index (χ0) is 22.9. The van der Waals surface area contributed by atoms with E-state index in [1.807, 2.05) is 6.92 Å². The van der Waals surface area contributed by atoms with Crippen LogP contribution in [0.15, 0.2) is 67.6 Å². The number of amides is 1. The van der Waals surface area contributed by atoms with E-state index in [0.717, 1.165) is 14.6 Å². The normalized spacial score (nSPS) is 11.4. The second-order valence-corrected chi connectivity index (χ2v) is 10.4. The number of aryl methyl sites for hydroxylation is 3. The number of sulfone groups is 1. The average Bonchev–Trinajstić information content (AvgIpc) is 2.68. The van der Waals surface area contributed by atoms with Crippen LogP contribution in [0.4, 0.5) is 5.69 Å². The Kier molecular flexibility index (Phi) is 6.73. The van der Waals surface area contributed by atoms with E-state index in [1.54, 1.807) is 50.2 Å². The van der Waals surface area contributed by atoms with Crippen LogP contribution in [-0.2, 0) is 21.2 Å². The van der Waals surface area contributed by atoms with E-state index in [-0.39, 0.29) is 16.3 Å². The van der Waals surface area contributed by atoms with Crippen molar-refractivity contribution in [2.45, 2.75) is 37.1 Å². The van der Waals surface area contributed by atoms with E-state index in [9.17, 15) is 18.0 Å². The van der Waals surface area contributed by atoms with Gasteiger partial charge in [-0.25, -0.2) is 8.42 Å². The predicted molar refractivity (Wildman–Crippen MR) is 125 cm³/mol. The number of benzene rings is 2. The van der Waals surface area contributed by atoms with Gasteiger partial charge >= 0.3 is 0 Å². The molecule has 162 valence electrons. The molecule has 0 fully saturated rings. The first-order valence-corrected chi connectivity index (χ1v) is 11.9. The Morgan fingerprint density at radius 1 is 1.03 bits per heavy atom. The zero-order valence-electron chi connectivity index (χ0n) is 17.1. The molecule has 3 rings (SSSR count). The van der Waals surface area contributed by atoms with Crippen molar-refractivity contribution in [3.8, 4) is 0 Å². The van der Waals surface area contributed by atoms with Gasteiger partial charge in [-0.2, -0.15) is 0 Å². The second kappa shape index (κ2) is 8.98. The lowest BCUT2D eigenvalue weighted by Gasteiger charge is -2.15. The summed E-state index contributed by atoms with van der Waals surface area (Å²) in [5.74, 6) is -0.466. The highest BCUT2D eigenvalue weighted by Gasteiger charge is 2.26. The van der Waals surface area contributed by atoms with Gasteiger partial charge in [-0.15, -0.1) is 0 Å². The van der Waals surface area contributed by atoms with E-state index in [2.05, 4.69) is 21.2 Å². The van der Waals surface area contributed by atoms with Gasteiger partial charge in [0.1, 0.15) is 11.4 Å². The maximum atomic E-state index is 13.2. The zero-order valence-corrected chi connectivity index (χ0v) is 20.2. The molecule has 0 bridgehead atoms. The van der Waals surface area contributed by atoms with Crippen molar-refractivity contribution >= 4 is 49.0 Å². The fourth-order valence-corrected chi connectivity index (χ4v) is 5.21. The molecule has 9 heteroatoms. The highest BCUT2D eigenvalue weighted by molar-refractivity contribution is 9.10. The minimum absolute atomic E-state index is 0.00491. The van der Waals surface area contributed by atoms with Gasteiger partial charge in [-0.1, -0.05) is 33.6 Å². The fraction of sp³-hybridized carbons (Fsp3) is 0.182. The lowest BCUT2D eigenvalue weighted by atomic mass is 10.2. The summed E-state index contributed by atoms with van der Waals surface area (Å²) >= 11 is 9.26. The number of pyridine rings is 1.